The molecule has 2 aromatic heterocycles. The third kappa shape index (κ3) is 3.21. The van der Waals surface area contributed by atoms with Crippen molar-refractivity contribution in [2.24, 2.45) is 0 Å². The predicted molar refractivity (Wildman–Crippen MR) is 98.2 cm³/mol. The van der Waals surface area contributed by atoms with Crippen molar-refractivity contribution in [2.75, 3.05) is 0 Å². The van der Waals surface area contributed by atoms with Gasteiger partial charge < -0.3 is 4.42 Å². The molecule has 4 rings (SSSR count). The van der Waals surface area contributed by atoms with Gasteiger partial charge in [0, 0.05) is 21.5 Å². The lowest BCUT2D eigenvalue weighted by atomic mass is 10.2. The summed E-state index contributed by atoms with van der Waals surface area (Å²) in [5, 5.41) is 3.46. The normalized spacial score (nSPS) is 11.0. The van der Waals surface area contributed by atoms with Crippen LogP contribution in [0.3, 0.4) is 0 Å². The Morgan fingerprint density at radius 3 is 2.60 bits per heavy atom. The molecule has 0 bridgehead atoms. The Kier molecular flexibility index (Phi) is 4.11. The molecule has 0 aliphatic heterocycles. The van der Waals surface area contributed by atoms with Gasteiger partial charge in [0.25, 0.3) is 0 Å². The van der Waals surface area contributed by atoms with E-state index < -0.39 is 0 Å². The second kappa shape index (κ2) is 6.43. The first-order valence-electron chi connectivity index (χ1n) is 7.55. The lowest BCUT2D eigenvalue weighted by molar-refractivity contribution is 0.585. The fourth-order valence-corrected chi connectivity index (χ4v) is 3.47. The molecular weight excluding hydrogens is 359 g/mol. The van der Waals surface area contributed by atoms with Crippen LogP contribution >= 0.6 is 22.9 Å². The van der Waals surface area contributed by atoms with Gasteiger partial charge in [-0.15, -0.1) is 11.3 Å². The molecule has 0 aliphatic rings. The molecule has 0 aliphatic carbocycles. The first kappa shape index (κ1) is 16.0. The second-order valence-corrected chi connectivity index (χ2v) is 6.78. The Bertz CT molecular complexity index is 1040. The van der Waals surface area contributed by atoms with E-state index in [1.165, 1.54) is 23.5 Å². The summed E-state index contributed by atoms with van der Waals surface area (Å²) in [6.45, 7) is 1.87. The van der Waals surface area contributed by atoms with Crippen LogP contribution in [0, 0.1) is 12.7 Å². The van der Waals surface area contributed by atoms with Crippen LogP contribution in [0.25, 0.3) is 33.5 Å². The van der Waals surface area contributed by atoms with Gasteiger partial charge in [-0.05, 0) is 43.3 Å². The summed E-state index contributed by atoms with van der Waals surface area (Å²) in [5.74, 6) is 0.770. The van der Waals surface area contributed by atoms with Gasteiger partial charge in [0.2, 0.25) is 5.89 Å². The van der Waals surface area contributed by atoms with Crippen LogP contribution in [0.2, 0.25) is 5.02 Å². The smallest absolute Gasteiger partial charge is 0.227 e. The molecule has 124 valence electrons. The molecule has 25 heavy (non-hydrogen) atoms. The summed E-state index contributed by atoms with van der Waals surface area (Å²) in [4.78, 5) is 9.08. The first-order chi connectivity index (χ1) is 12.1. The van der Waals surface area contributed by atoms with Crippen LogP contribution in [-0.2, 0) is 0 Å². The van der Waals surface area contributed by atoms with Gasteiger partial charge in [0.15, 0.2) is 5.76 Å². The van der Waals surface area contributed by atoms with E-state index in [2.05, 4.69) is 9.97 Å². The first-order valence-corrected chi connectivity index (χ1v) is 8.81. The molecule has 4 aromatic rings. The van der Waals surface area contributed by atoms with E-state index in [-0.39, 0.29) is 5.82 Å². The average Bonchev–Trinajstić information content (AvgIpc) is 3.22. The SMILES string of the molecule is Cc1nc(-c2ccc(F)cc2)oc1-c1csc(-c2cccc(Cl)c2)n1. The second-order valence-electron chi connectivity index (χ2n) is 5.49. The van der Waals surface area contributed by atoms with Gasteiger partial charge in [-0.25, -0.2) is 14.4 Å². The molecule has 0 atom stereocenters. The Labute approximate surface area is 152 Å². The number of thiazole rings is 1. The number of nitrogens with zero attached hydrogens (tertiary/aromatic N) is 2. The molecule has 0 saturated carbocycles. The lowest BCUT2D eigenvalue weighted by Gasteiger charge is -1.96. The summed E-state index contributed by atoms with van der Waals surface area (Å²) in [5.41, 5.74) is 3.14. The van der Waals surface area contributed by atoms with E-state index in [0.717, 1.165) is 27.5 Å². The van der Waals surface area contributed by atoms with E-state index in [0.29, 0.717) is 16.7 Å². The summed E-state index contributed by atoms with van der Waals surface area (Å²) in [6.07, 6.45) is 0. The van der Waals surface area contributed by atoms with Crippen molar-refractivity contribution >= 4 is 22.9 Å². The summed E-state index contributed by atoms with van der Waals surface area (Å²) < 4.78 is 19.0. The Morgan fingerprint density at radius 1 is 1.04 bits per heavy atom. The van der Waals surface area contributed by atoms with Crippen LogP contribution < -0.4 is 0 Å². The number of hydrogen-bond donors (Lipinski definition) is 0. The third-order valence-corrected chi connectivity index (χ3v) is 4.82. The van der Waals surface area contributed by atoms with Gasteiger partial charge in [0.05, 0.1) is 5.69 Å². The maximum Gasteiger partial charge on any atom is 0.227 e. The van der Waals surface area contributed by atoms with Gasteiger partial charge in [-0.2, -0.15) is 0 Å². The zero-order chi connectivity index (χ0) is 17.4. The van der Waals surface area contributed by atoms with Gasteiger partial charge in [-0.3, -0.25) is 0 Å². The van der Waals surface area contributed by atoms with Crippen molar-refractivity contribution in [3.8, 4) is 33.5 Å². The van der Waals surface area contributed by atoms with Crippen molar-refractivity contribution < 1.29 is 8.81 Å². The number of aryl methyl sites for hydroxylation is 1. The number of oxazole rings is 1. The molecule has 3 nitrogen and oxygen atoms in total. The monoisotopic (exact) mass is 370 g/mol. The fourth-order valence-electron chi connectivity index (χ4n) is 2.48. The minimum absolute atomic E-state index is 0.294. The maximum absolute atomic E-state index is 13.1. The maximum atomic E-state index is 13.1. The zero-order valence-electron chi connectivity index (χ0n) is 13.2. The van der Waals surface area contributed by atoms with E-state index >= 15 is 0 Å². The van der Waals surface area contributed by atoms with Crippen molar-refractivity contribution in [3.63, 3.8) is 0 Å². The number of benzene rings is 2. The van der Waals surface area contributed by atoms with Gasteiger partial charge in [-0.1, -0.05) is 23.7 Å². The molecule has 2 heterocycles. The Hall–Kier alpha value is -2.50. The Morgan fingerprint density at radius 2 is 1.84 bits per heavy atom. The minimum atomic E-state index is -0.294. The molecule has 0 fully saturated rings. The van der Waals surface area contributed by atoms with Gasteiger partial charge in [0.1, 0.15) is 16.5 Å². The van der Waals surface area contributed by atoms with E-state index in [9.17, 15) is 4.39 Å². The number of rotatable bonds is 3. The van der Waals surface area contributed by atoms with Crippen molar-refractivity contribution in [2.45, 2.75) is 6.92 Å². The largest absolute Gasteiger partial charge is 0.434 e. The Balaban J connectivity index is 1.70. The average molecular weight is 371 g/mol. The van der Waals surface area contributed by atoms with Crippen molar-refractivity contribution in [3.05, 3.63) is 70.4 Å². The minimum Gasteiger partial charge on any atom is -0.434 e. The topological polar surface area (TPSA) is 38.9 Å². The standard InChI is InChI=1S/C19H12ClFN2OS/c1-11-17(24-18(22-11)12-5-7-15(21)8-6-12)16-10-25-19(23-16)13-3-2-4-14(20)9-13/h2-10H,1H3. The summed E-state index contributed by atoms with van der Waals surface area (Å²) in [6, 6.07) is 13.6. The molecule has 6 heteroatoms. The summed E-state index contributed by atoms with van der Waals surface area (Å²) in [7, 11) is 0. The molecule has 2 aromatic carbocycles. The highest BCUT2D eigenvalue weighted by Crippen LogP contribution is 2.33. The highest BCUT2D eigenvalue weighted by atomic mass is 35.5. The highest BCUT2D eigenvalue weighted by molar-refractivity contribution is 7.13. The van der Waals surface area contributed by atoms with Crippen molar-refractivity contribution in [1.82, 2.24) is 9.97 Å². The molecule has 0 N–H and O–H groups in total. The molecule has 0 saturated heterocycles. The quantitative estimate of drug-likeness (QED) is 0.429. The third-order valence-electron chi connectivity index (χ3n) is 3.70. The van der Waals surface area contributed by atoms with E-state index in [4.69, 9.17) is 16.0 Å². The van der Waals surface area contributed by atoms with E-state index in [1.807, 2.05) is 36.6 Å². The van der Waals surface area contributed by atoms with E-state index in [1.54, 1.807) is 12.1 Å². The van der Waals surface area contributed by atoms with Crippen LogP contribution in [-0.4, -0.2) is 9.97 Å². The number of halogens is 2. The van der Waals surface area contributed by atoms with Crippen LogP contribution in [0.5, 0.6) is 0 Å². The van der Waals surface area contributed by atoms with Crippen molar-refractivity contribution in [1.29, 1.82) is 0 Å². The van der Waals surface area contributed by atoms with Gasteiger partial charge >= 0.3 is 0 Å². The number of aromatic nitrogens is 2. The van der Waals surface area contributed by atoms with Crippen LogP contribution in [0.1, 0.15) is 5.69 Å². The molecule has 0 radical (unpaired) electrons. The molecule has 0 spiro atoms. The predicted octanol–water partition coefficient (Wildman–Crippen LogP) is 6.23. The molecule has 0 amide bonds. The lowest BCUT2D eigenvalue weighted by Crippen LogP contribution is -1.80. The molecular formula is C19H12ClFN2OS. The fraction of sp³-hybridized carbons (Fsp3) is 0.0526. The van der Waals surface area contributed by atoms with Crippen LogP contribution in [0.15, 0.2) is 58.3 Å². The number of hydrogen-bond acceptors (Lipinski definition) is 4. The summed E-state index contributed by atoms with van der Waals surface area (Å²) >= 11 is 7.56. The highest BCUT2D eigenvalue weighted by Gasteiger charge is 2.16. The zero-order valence-corrected chi connectivity index (χ0v) is 14.7. The van der Waals surface area contributed by atoms with Crippen LogP contribution in [0.4, 0.5) is 4.39 Å². The molecule has 0 unspecified atom stereocenters.